The van der Waals surface area contributed by atoms with Crippen molar-refractivity contribution in [2.45, 2.75) is 24.9 Å². The van der Waals surface area contributed by atoms with Crippen LogP contribution in [-0.4, -0.2) is 52.7 Å². The third kappa shape index (κ3) is 3.39. The van der Waals surface area contributed by atoms with Crippen LogP contribution in [0.4, 0.5) is 0 Å². The Hall–Kier alpha value is -1.99. The number of hydrogen-bond donors (Lipinski definition) is 0. The third-order valence-electron chi connectivity index (χ3n) is 5.11. The molecule has 0 bridgehead atoms. The number of rotatable bonds is 4. The van der Waals surface area contributed by atoms with Gasteiger partial charge in [-0.1, -0.05) is 6.07 Å². The van der Waals surface area contributed by atoms with E-state index in [-0.39, 0.29) is 17.4 Å². The molecule has 6 nitrogen and oxygen atoms in total. The maximum absolute atomic E-state index is 12.7. The SMILES string of the molecule is O=C(c1cscn1)N1CCO[C@]2(CCC[C@H]2COc2ccccn2)C1. The molecule has 2 aliphatic rings. The Morgan fingerprint density at radius 1 is 1.44 bits per heavy atom. The van der Waals surface area contributed by atoms with Crippen molar-refractivity contribution in [2.24, 2.45) is 5.92 Å². The molecule has 2 fully saturated rings. The molecule has 7 heteroatoms. The van der Waals surface area contributed by atoms with Gasteiger partial charge in [0.15, 0.2) is 0 Å². The van der Waals surface area contributed by atoms with Crippen LogP contribution in [0.5, 0.6) is 5.88 Å². The number of amides is 1. The number of pyridine rings is 1. The summed E-state index contributed by atoms with van der Waals surface area (Å²) < 4.78 is 12.1. The molecule has 0 radical (unpaired) electrons. The van der Waals surface area contributed by atoms with Gasteiger partial charge in [0, 0.05) is 30.1 Å². The Bertz CT molecular complexity index is 710. The van der Waals surface area contributed by atoms with Crippen LogP contribution in [0.1, 0.15) is 29.8 Å². The number of morpholine rings is 1. The Morgan fingerprint density at radius 2 is 2.40 bits per heavy atom. The van der Waals surface area contributed by atoms with Crippen LogP contribution in [0.2, 0.25) is 0 Å². The Balaban J connectivity index is 1.44. The predicted molar refractivity (Wildman–Crippen MR) is 93.8 cm³/mol. The lowest BCUT2D eigenvalue weighted by atomic mass is 9.89. The van der Waals surface area contributed by atoms with E-state index in [1.165, 1.54) is 11.3 Å². The van der Waals surface area contributed by atoms with Crippen molar-refractivity contribution in [3.8, 4) is 5.88 Å². The van der Waals surface area contributed by atoms with Gasteiger partial charge in [0.05, 0.1) is 30.9 Å². The smallest absolute Gasteiger partial charge is 0.273 e. The first-order valence-electron chi connectivity index (χ1n) is 8.62. The highest BCUT2D eigenvalue weighted by molar-refractivity contribution is 7.07. The molecule has 0 N–H and O–H groups in total. The molecule has 3 heterocycles. The summed E-state index contributed by atoms with van der Waals surface area (Å²) >= 11 is 1.45. The summed E-state index contributed by atoms with van der Waals surface area (Å²) in [5, 5.41) is 1.81. The molecule has 25 heavy (non-hydrogen) atoms. The van der Waals surface area contributed by atoms with Gasteiger partial charge in [-0.2, -0.15) is 0 Å². The monoisotopic (exact) mass is 359 g/mol. The van der Waals surface area contributed by atoms with Crippen molar-refractivity contribution < 1.29 is 14.3 Å². The van der Waals surface area contributed by atoms with Crippen molar-refractivity contribution in [3.05, 3.63) is 41.0 Å². The number of thiazole rings is 1. The second kappa shape index (κ2) is 7.09. The van der Waals surface area contributed by atoms with Gasteiger partial charge in [-0.05, 0) is 25.3 Å². The van der Waals surface area contributed by atoms with E-state index in [9.17, 15) is 4.79 Å². The van der Waals surface area contributed by atoms with E-state index in [0.717, 1.165) is 19.3 Å². The van der Waals surface area contributed by atoms with E-state index < -0.39 is 0 Å². The van der Waals surface area contributed by atoms with Crippen LogP contribution >= 0.6 is 11.3 Å². The van der Waals surface area contributed by atoms with Crippen LogP contribution in [0.3, 0.4) is 0 Å². The molecule has 2 aromatic heterocycles. The zero-order chi connectivity index (χ0) is 17.1. The first kappa shape index (κ1) is 16.5. The summed E-state index contributed by atoms with van der Waals surface area (Å²) in [5.74, 6) is 0.900. The van der Waals surface area contributed by atoms with Crippen LogP contribution in [-0.2, 0) is 4.74 Å². The van der Waals surface area contributed by atoms with Gasteiger partial charge in [0.1, 0.15) is 5.69 Å². The largest absolute Gasteiger partial charge is 0.477 e. The molecule has 0 aromatic carbocycles. The normalized spacial score (nSPS) is 26.1. The van der Waals surface area contributed by atoms with Crippen LogP contribution in [0, 0.1) is 5.92 Å². The summed E-state index contributed by atoms with van der Waals surface area (Å²) in [6.07, 6.45) is 4.83. The van der Waals surface area contributed by atoms with Crippen LogP contribution in [0.15, 0.2) is 35.3 Å². The number of carbonyl (C=O) groups is 1. The number of aromatic nitrogens is 2. The quantitative estimate of drug-likeness (QED) is 0.840. The van der Waals surface area contributed by atoms with Gasteiger partial charge in [0.2, 0.25) is 5.88 Å². The first-order chi connectivity index (χ1) is 12.3. The minimum Gasteiger partial charge on any atom is -0.477 e. The maximum Gasteiger partial charge on any atom is 0.273 e. The maximum atomic E-state index is 12.7. The van der Waals surface area contributed by atoms with Gasteiger partial charge in [-0.3, -0.25) is 4.79 Å². The second-order valence-electron chi connectivity index (χ2n) is 6.58. The van der Waals surface area contributed by atoms with Gasteiger partial charge in [0.25, 0.3) is 5.91 Å². The average molecular weight is 359 g/mol. The third-order valence-corrected chi connectivity index (χ3v) is 5.70. The zero-order valence-electron chi connectivity index (χ0n) is 14.0. The molecule has 132 valence electrons. The number of carbonyl (C=O) groups excluding carboxylic acids is 1. The fourth-order valence-corrected chi connectivity index (χ4v) is 4.35. The molecule has 2 aromatic rings. The number of nitrogens with zero attached hydrogens (tertiary/aromatic N) is 3. The Morgan fingerprint density at radius 3 is 3.20 bits per heavy atom. The molecule has 0 unspecified atom stereocenters. The zero-order valence-corrected chi connectivity index (χ0v) is 14.8. The highest BCUT2D eigenvalue weighted by Crippen LogP contribution is 2.41. The van der Waals surface area contributed by atoms with Crippen LogP contribution < -0.4 is 4.74 Å². The number of hydrogen-bond acceptors (Lipinski definition) is 6. The lowest BCUT2D eigenvalue weighted by Crippen LogP contribution is -2.56. The van der Waals surface area contributed by atoms with Gasteiger partial charge >= 0.3 is 0 Å². The molecule has 4 rings (SSSR count). The molecule has 1 aliphatic carbocycles. The van der Waals surface area contributed by atoms with Gasteiger partial charge in [-0.15, -0.1) is 11.3 Å². The summed E-state index contributed by atoms with van der Waals surface area (Å²) in [6.45, 7) is 2.36. The van der Waals surface area contributed by atoms with Gasteiger partial charge < -0.3 is 14.4 Å². The van der Waals surface area contributed by atoms with Crippen molar-refractivity contribution in [3.63, 3.8) is 0 Å². The lowest BCUT2D eigenvalue weighted by Gasteiger charge is -2.43. The van der Waals surface area contributed by atoms with E-state index in [4.69, 9.17) is 9.47 Å². The molecule has 1 saturated carbocycles. The van der Waals surface area contributed by atoms with Crippen molar-refractivity contribution in [2.75, 3.05) is 26.3 Å². The fourth-order valence-electron chi connectivity index (χ4n) is 3.83. The average Bonchev–Trinajstić information content (AvgIpc) is 3.31. The van der Waals surface area contributed by atoms with E-state index in [2.05, 4.69) is 9.97 Å². The minimum absolute atomic E-state index is 0.000203. The minimum atomic E-state index is -0.307. The summed E-state index contributed by atoms with van der Waals surface area (Å²) in [5.41, 5.74) is 1.92. The fraction of sp³-hybridized carbons (Fsp3) is 0.500. The second-order valence-corrected chi connectivity index (χ2v) is 7.30. The van der Waals surface area contributed by atoms with E-state index in [0.29, 0.717) is 37.9 Å². The highest BCUT2D eigenvalue weighted by atomic mass is 32.1. The summed E-state index contributed by atoms with van der Waals surface area (Å²) in [4.78, 5) is 22.9. The molecule has 1 amide bonds. The molecule has 2 atom stereocenters. The highest BCUT2D eigenvalue weighted by Gasteiger charge is 2.48. The molecular weight excluding hydrogens is 338 g/mol. The summed E-state index contributed by atoms with van der Waals surface area (Å²) in [6, 6.07) is 5.65. The Labute approximate surface area is 150 Å². The van der Waals surface area contributed by atoms with Crippen molar-refractivity contribution >= 4 is 17.2 Å². The number of ether oxygens (including phenoxy) is 2. The van der Waals surface area contributed by atoms with Crippen LogP contribution in [0.25, 0.3) is 0 Å². The lowest BCUT2D eigenvalue weighted by molar-refractivity contribution is -0.127. The first-order valence-corrected chi connectivity index (χ1v) is 9.56. The predicted octanol–water partition coefficient (Wildman–Crippen LogP) is 2.63. The van der Waals surface area contributed by atoms with E-state index >= 15 is 0 Å². The summed E-state index contributed by atoms with van der Waals surface area (Å²) in [7, 11) is 0. The van der Waals surface area contributed by atoms with Crippen molar-refractivity contribution in [1.82, 2.24) is 14.9 Å². The molecule has 1 spiro atoms. The Kier molecular flexibility index (Phi) is 4.67. The molecule has 1 aliphatic heterocycles. The van der Waals surface area contributed by atoms with E-state index in [1.54, 1.807) is 17.1 Å². The topological polar surface area (TPSA) is 64.6 Å². The molecular formula is C18H21N3O3S. The van der Waals surface area contributed by atoms with Gasteiger partial charge in [-0.25, -0.2) is 9.97 Å². The molecule has 1 saturated heterocycles. The van der Waals surface area contributed by atoms with E-state index in [1.807, 2.05) is 23.1 Å². The standard InChI is InChI=1S/C18H21N3O3S/c22-17(15-11-25-13-20-15)21-8-9-24-18(12-21)6-3-4-14(18)10-23-16-5-1-2-7-19-16/h1-2,5,7,11,13-14H,3-4,6,8-10,12H2/t14-,18+/m0/s1. The van der Waals surface area contributed by atoms with Crippen molar-refractivity contribution in [1.29, 1.82) is 0 Å².